The van der Waals surface area contributed by atoms with Crippen LogP contribution in [0.3, 0.4) is 0 Å². The number of hydrogen-bond acceptors (Lipinski definition) is 4. The lowest BCUT2D eigenvalue weighted by atomic mass is 10.1. The molecular formula is C13H25N3O2S. The molecule has 2 aliphatic heterocycles. The molecular weight excluding hydrogens is 262 g/mol. The average Bonchev–Trinajstić information content (AvgIpc) is 3.11. The van der Waals surface area contributed by atoms with Crippen molar-refractivity contribution >= 4 is 10.0 Å². The second-order valence-corrected chi connectivity index (χ2v) is 8.06. The van der Waals surface area contributed by atoms with E-state index in [0.29, 0.717) is 0 Å². The third kappa shape index (κ3) is 3.90. The standard InChI is InChI=1S/C13H25N3O2S/c17-19(18,10-12-3-1-2-7-14-12)15-11-6-8-16(9-11)13-4-5-13/h11-15H,1-10H2. The van der Waals surface area contributed by atoms with Crippen LogP contribution in [0.15, 0.2) is 0 Å². The van der Waals surface area contributed by atoms with Gasteiger partial charge in [0.15, 0.2) is 0 Å². The van der Waals surface area contributed by atoms with E-state index in [1.807, 2.05) is 0 Å². The first-order valence-electron chi connectivity index (χ1n) is 7.60. The zero-order valence-electron chi connectivity index (χ0n) is 11.5. The van der Waals surface area contributed by atoms with Gasteiger partial charge in [0.05, 0.1) is 5.75 Å². The highest BCUT2D eigenvalue weighted by molar-refractivity contribution is 7.89. The highest BCUT2D eigenvalue weighted by Gasteiger charge is 2.35. The van der Waals surface area contributed by atoms with E-state index in [9.17, 15) is 8.42 Å². The minimum atomic E-state index is -3.13. The highest BCUT2D eigenvalue weighted by Crippen LogP contribution is 2.29. The fraction of sp³-hybridized carbons (Fsp3) is 1.00. The molecule has 2 N–H and O–H groups in total. The van der Waals surface area contributed by atoms with Crippen LogP contribution in [0, 0.1) is 0 Å². The van der Waals surface area contributed by atoms with Crippen LogP contribution in [0.2, 0.25) is 0 Å². The maximum absolute atomic E-state index is 12.2. The van der Waals surface area contributed by atoms with Gasteiger partial charge in [0.1, 0.15) is 0 Å². The number of rotatable bonds is 5. The number of nitrogens with zero attached hydrogens (tertiary/aromatic N) is 1. The maximum atomic E-state index is 12.2. The summed E-state index contributed by atoms with van der Waals surface area (Å²) >= 11 is 0. The van der Waals surface area contributed by atoms with Crippen molar-refractivity contribution in [3.63, 3.8) is 0 Å². The van der Waals surface area contributed by atoms with Crippen LogP contribution in [-0.4, -0.2) is 56.8 Å². The average molecular weight is 287 g/mol. The monoisotopic (exact) mass is 287 g/mol. The molecule has 2 heterocycles. The van der Waals surface area contributed by atoms with E-state index in [-0.39, 0.29) is 17.8 Å². The van der Waals surface area contributed by atoms with Crippen LogP contribution >= 0.6 is 0 Å². The quantitative estimate of drug-likeness (QED) is 0.763. The first-order chi connectivity index (χ1) is 9.12. The molecule has 5 nitrogen and oxygen atoms in total. The first-order valence-corrected chi connectivity index (χ1v) is 9.25. The van der Waals surface area contributed by atoms with Crippen molar-refractivity contribution in [3.8, 4) is 0 Å². The molecule has 0 amide bonds. The molecule has 2 saturated heterocycles. The summed E-state index contributed by atoms with van der Waals surface area (Å²) in [4.78, 5) is 2.44. The minimum absolute atomic E-state index is 0.134. The SMILES string of the molecule is O=S(=O)(CC1CCCCN1)NC1CCN(C2CC2)C1. The second kappa shape index (κ2) is 5.68. The summed E-state index contributed by atoms with van der Waals surface area (Å²) in [6, 6.07) is 1.02. The Kier molecular flexibility index (Phi) is 4.12. The van der Waals surface area contributed by atoms with Gasteiger partial charge in [-0.1, -0.05) is 6.42 Å². The number of sulfonamides is 1. The molecule has 0 radical (unpaired) electrons. The summed E-state index contributed by atoms with van der Waals surface area (Å²) in [7, 11) is -3.13. The molecule has 2 unspecified atom stereocenters. The Morgan fingerprint density at radius 1 is 1.16 bits per heavy atom. The fourth-order valence-electron chi connectivity index (χ4n) is 3.29. The normalized spacial score (nSPS) is 33.7. The van der Waals surface area contributed by atoms with Gasteiger partial charge in [0.25, 0.3) is 0 Å². The van der Waals surface area contributed by atoms with Crippen molar-refractivity contribution in [2.24, 2.45) is 0 Å². The van der Waals surface area contributed by atoms with Crippen molar-refractivity contribution in [2.45, 2.75) is 56.7 Å². The molecule has 1 saturated carbocycles. The summed E-state index contributed by atoms with van der Waals surface area (Å²) in [5, 5.41) is 3.31. The van der Waals surface area contributed by atoms with E-state index in [1.165, 1.54) is 19.3 Å². The summed E-state index contributed by atoms with van der Waals surface area (Å²) in [5.41, 5.74) is 0. The van der Waals surface area contributed by atoms with E-state index in [1.54, 1.807) is 0 Å². The molecule has 0 bridgehead atoms. The van der Waals surface area contributed by atoms with E-state index in [4.69, 9.17) is 0 Å². The zero-order valence-corrected chi connectivity index (χ0v) is 12.3. The maximum Gasteiger partial charge on any atom is 0.213 e. The summed E-state index contributed by atoms with van der Waals surface area (Å²) in [5.74, 6) is 0.243. The third-order valence-electron chi connectivity index (χ3n) is 4.46. The van der Waals surface area contributed by atoms with E-state index in [0.717, 1.165) is 44.9 Å². The smallest absolute Gasteiger partial charge is 0.213 e. The lowest BCUT2D eigenvalue weighted by Gasteiger charge is -2.24. The van der Waals surface area contributed by atoms with Crippen LogP contribution in [0.4, 0.5) is 0 Å². The Morgan fingerprint density at radius 2 is 2.00 bits per heavy atom. The van der Waals surface area contributed by atoms with Gasteiger partial charge in [0, 0.05) is 31.2 Å². The van der Waals surface area contributed by atoms with E-state index < -0.39 is 10.0 Å². The van der Waals surface area contributed by atoms with E-state index in [2.05, 4.69) is 14.9 Å². The van der Waals surface area contributed by atoms with Crippen molar-refractivity contribution in [2.75, 3.05) is 25.4 Å². The Morgan fingerprint density at radius 3 is 2.68 bits per heavy atom. The van der Waals surface area contributed by atoms with Gasteiger partial charge in [-0.25, -0.2) is 13.1 Å². The third-order valence-corrected chi connectivity index (χ3v) is 6.00. The van der Waals surface area contributed by atoms with Crippen LogP contribution in [0.1, 0.15) is 38.5 Å². The number of likely N-dealkylation sites (tertiary alicyclic amines) is 1. The summed E-state index contributed by atoms with van der Waals surface area (Å²) < 4.78 is 27.3. The van der Waals surface area contributed by atoms with Gasteiger partial charge < -0.3 is 5.32 Å². The Bertz CT molecular complexity index is 402. The molecule has 0 spiro atoms. The van der Waals surface area contributed by atoms with Crippen molar-refractivity contribution < 1.29 is 8.42 Å². The van der Waals surface area contributed by atoms with Gasteiger partial charge in [-0.15, -0.1) is 0 Å². The molecule has 3 rings (SSSR count). The highest BCUT2D eigenvalue weighted by atomic mass is 32.2. The number of hydrogen-bond donors (Lipinski definition) is 2. The van der Waals surface area contributed by atoms with Crippen molar-refractivity contribution in [3.05, 3.63) is 0 Å². The largest absolute Gasteiger partial charge is 0.313 e. The predicted octanol–water partition coefficient (Wildman–Crippen LogP) is 0.285. The van der Waals surface area contributed by atoms with Crippen molar-refractivity contribution in [1.82, 2.24) is 14.9 Å². The molecule has 3 aliphatic rings. The number of nitrogens with one attached hydrogen (secondary N) is 2. The second-order valence-electron chi connectivity index (χ2n) is 6.26. The molecule has 3 fully saturated rings. The minimum Gasteiger partial charge on any atom is -0.313 e. The van der Waals surface area contributed by atoms with Gasteiger partial charge >= 0.3 is 0 Å². The molecule has 6 heteroatoms. The van der Waals surface area contributed by atoms with Gasteiger partial charge in [-0.3, -0.25) is 4.90 Å². The summed E-state index contributed by atoms with van der Waals surface area (Å²) in [6.45, 7) is 2.92. The topological polar surface area (TPSA) is 61.4 Å². The van der Waals surface area contributed by atoms with Crippen LogP contribution in [0.25, 0.3) is 0 Å². The van der Waals surface area contributed by atoms with Crippen LogP contribution in [-0.2, 0) is 10.0 Å². The molecule has 19 heavy (non-hydrogen) atoms. The van der Waals surface area contributed by atoms with Crippen molar-refractivity contribution in [1.29, 1.82) is 0 Å². The lowest BCUT2D eigenvalue weighted by molar-refractivity contribution is 0.322. The van der Waals surface area contributed by atoms with E-state index >= 15 is 0 Å². The Balaban J connectivity index is 1.47. The van der Waals surface area contributed by atoms with Gasteiger partial charge in [0.2, 0.25) is 10.0 Å². The molecule has 110 valence electrons. The van der Waals surface area contributed by atoms with Crippen LogP contribution < -0.4 is 10.0 Å². The summed E-state index contributed by atoms with van der Waals surface area (Å²) in [6.07, 6.45) is 6.86. The molecule has 0 aromatic heterocycles. The van der Waals surface area contributed by atoms with Gasteiger partial charge in [-0.05, 0) is 38.6 Å². The van der Waals surface area contributed by atoms with Gasteiger partial charge in [-0.2, -0.15) is 0 Å². The fourth-order valence-corrected chi connectivity index (χ4v) is 4.90. The zero-order chi connectivity index (χ0) is 13.3. The number of piperidine rings is 1. The molecule has 1 aliphatic carbocycles. The molecule has 2 atom stereocenters. The predicted molar refractivity (Wildman–Crippen MR) is 75.6 cm³/mol. The Hall–Kier alpha value is -0.170. The first kappa shape index (κ1) is 13.8. The van der Waals surface area contributed by atoms with Crippen LogP contribution in [0.5, 0.6) is 0 Å². The Labute approximate surface area is 116 Å². The lowest BCUT2D eigenvalue weighted by Crippen LogP contribution is -2.45. The molecule has 0 aromatic rings. The molecule has 0 aromatic carbocycles.